The molecular weight excluding hydrogens is 154 g/mol. The number of nitriles is 1. The van der Waals surface area contributed by atoms with Crippen molar-refractivity contribution < 1.29 is 9.90 Å². The predicted molar refractivity (Wildman–Crippen MR) is 42.7 cm³/mol. The van der Waals surface area contributed by atoms with Gasteiger partial charge >= 0.3 is 0 Å². The maximum absolute atomic E-state index is 10.8. The molecule has 0 radical (unpaired) electrons. The van der Waals surface area contributed by atoms with Gasteiger partial charge in [-0.15, -0.1) is 0 Å². The molecule has 0 spiro atoms. The highest BCUT2D eigenvalue weighted by atomic mass is 16.4. The predicted octanol–water partition coefficient (Wildman–Crippen LogP) is 0.558. The molecule has 0 bridgehead atoms. The van der Waals surface area contributed by atoms with Gasteiger partial charge < -0.3 is 9.90 Å². The number of nitrogens with zero attached hydrogens (tertiary/aromatic N) is 1. The second-order valence-corrected chi connectivity index (χ2v) is 3.58. The van der Waals surface area contributed by atoms with Gasteiger partial charge in [0.1, 0.15) is 5.41 Å². The van der Waals surface area contributed by atoms with E-state index in [9.17, 15) is 9.90 Å². The lowest BCUT2D eigenvalue weighted by molar-refractivity contribution is -0.320. The first-order valence-corrected chi connectivity index (χ1v) is 4.02. The summed E-state index contributed by atoms with van der Waals surface area (Å²) >= 11 is 0. The van der Waals surface area contributed by atoms with Crippen molar-refractivity contribution in [2.24, 2.45) is 17.3 Å². The molecule has 0 aromatic carbocycles. The third-order valence-electron chi connectivity index (χ3n) is 2.34. The summed E-state index contributed by atoms with van der Waals surface area (Å²) in [5.74, 6) is -1.73. The maximum atomic E-state index is 10.8. The van der Waals surface area contributed by atoms with Crippen molar-refractivity contribution in [1.29, 1.82) is 5.26 Å². The van der Waals surface area contributed by atoms with Crippen molar-refractivity contribution in [3.05, 3.63) is 0 Å². The molecule has 12 heavy (non-hydrogen) atoms. The van der Waals surface area contributed by atoms with E-state index in [0.29, 0.717) is 0 Å². The first kappa shape index (κ1) is 11.0. The summed E-state index contributed by atoms with van der Waals surface area (Å²) in [5, 5.41) is 19.6. The molecule has 68 valence electrons. The summed E-state index contributed by atoms with van der Waals surface area (Å²) < 4.78 is 0. The lowest BCUT2D eigenvalue weighted by atomic mass is 9.70. The summed E-state index contributed by atoms with van der Waals surface area (Å²) in [6.45, 7) is 6.88. The van der Waals surface area contributed by atoms with E-state index in [0.717, 1.165) is 0 Å². The highest BCUT2D eigenvalue weighted by molar-refractivity contribution is 5.76. The van der Waals surface area contributed by atoms with Crippen LogP contribution >= 0.6 is 0 Å². The van der Waals surface area contributed by atoms with E-state index in [-0.39, 0.29) is 11.8 Å². The Morgan fingerprint density at radius 3 is 1.67 bits per heavy atom. The van der Waals surface area contributed by atoms with Crippen LogP contribution in [0, 0.1) is 28.6 Å². The number of carboxylic acids is 1. The molecule has 0 atom stereocenters. The van der Waals surface area contributed by atoms with Gasteiger partial charge in [0.2, 0.25) is 0 Å². The molecule has 0 saturated carbocycles. The van der Waals surface area contributed by atoms with Gasteiger partial charge in [0.15, 0.2) is 0 Å². The Labute approximate surface area is 73.0 Å². The minimum atomic E-state index is -1.35. The topological polar surface area (TPSA) is 63.9 Å². The average Bonchev–Trinajstić information content (AvgIpc) is 1.86. The Hall–Kier alpha value is -1.04. The van der Waals surface area contributed by atoms with Gasteiger partial charge in [0.25, 0.3) is 0 Å². The molecule has 0 aliphatic carbocycles. The molecule has 0 rings (SSSR count). The van der Waals surface area contributed by atoms with Crippen LogP contribution < -0.4 is 5.11 Å². The number of hydrogen-bond donors (Lipinski definition) is 0. The molecule has 0 heterocycles. The summed E-state index contributed by atoms with van der Waals surface area (Å²) in [6, 6.07) is 1.85. The van der Waals surface area contributed by atoms with E-state index in [2.05, 4.69) is 0 Å². The molecule has 0 fully saturated rings. The van der Waals surface area contributed by atoms with Crippen LogP contribution in [0.2, 0.25) is 0 Å². The Morgan fingerprint density at radius 2 is 1.67 bits per heavy atom. The van der Waals surface area contributed by atoms with Crippen LogP contribution in [0.3, 0.4) is 0 Å². The fourth-order valence-electron chi connectivity index (χ4n) is 1.44. The molecule has 0 aromatic rings. The second kappa shape index (κ2) is 3.57. The highest BCUT2D eigenvalue weighted by Crippen LogP contribution is 2.34. The first-order chi connectivity index (χ1) is 5.39. The molecule has 0 aliphatic rings. The van der Waals surface area contributed by atoms with Gasteiger partial charge in [0, 0.05) is 0 Å². The Kier molecular flexibility index (Phi) is 3.26. The second-order valence-electron chi connectivity index (χ2n) is 3.58. The molecule has 3 heteroatoms. The van der Waals surface area contributed by atoms with Gasteiger partial charge in [-0.05, 0) is 11.8 Å². The Morgan fingerprint density at radius 1 is 1.33 bits per heavy atom. The SMILES string of the molecule is CC(C)C(C#N)(C(=O)[O-])C(C)C. The van der Waals surface area contributed by atoms with Crippen LogP contribution in [0.5, 0.6) is 0 Å². The highest BCUT2D eigenvalue weighted by Gasteiger charge is 2.38. The number of carboxylic acid groups (broad SMARTS) is 1. The molecular formula is C9H14NO2-. The van der Waals surface area contributed by atoms with Gasteiger partial charge in [0.05, 0.1) is 12.0 Å². The van der Waals surface area contributed by atoms with E-state index < -0.39 is 11.4 Å². The molecule has 0 saturated heterocycles. The maximum Gasteiger partial charge on any atom is 0.101 e. The number of carbonyl (C=O) groups is 1. The van der Waals surface area contributed by atoms with Crippen LogP contribution in [0.15, 0.2) is 0 Å². The van der Waals surface area contributed by atoms with Crippen molar-refractivity contribution in [2.75, 3.05) is 0 Å². The zero-order valence-corrected chi connectivity index (χ0v) is 7.92. The average molecular weight is 168 g/mol. The summed E-state index contributed by atoms with van der Waals surface area (Å²) in [6.07, 6.45) is 0. The molecule has 0 aromatic heterocycles. The van der Waals surface area contributed by atoms with E-state index in [1.165, 1.54) is 0 Å². The lowest BCUT2D eigenvalue weighted by Crippen LogP contribution is -2.48. The fourth-order valence-corrected chi connectivity index (χ4v) is 1.44. The molecule has 3 nitrogen and oxygen atoms in total. The van der Waals surface area contributed by atoms with Crippen molar-refractivity contribution in [3.8, 4) is 6.07 Å². The molecule has 0 aliphatic heterocycles. The zero-order valence-electron chi connectivity index (χ0n) is 7.92. The monoisotopic (exact) mass is 168 g/mol. The van der Waals surface area contributed by atoms with Crippen molar-refractivity contribution in [1.82, 2.24) is 0 Å². The lowest BCUT2D eigenvalue weighted by Gasteiger charge is -2.35. The fraction of sp³-hybridized carbons (Fsp3) is 0.778. The van der Waals surface area contributed by atoms with Crippen molar-refractivity contribution in [2.45, 2.75) is 27.7 Å². The van der Waals surface area contributed by atoms with E-state index >= 15 is 0 Å². The minimum absolute atomic E-state index is 0.229. The summed E-state index contributed by atoms with van der Waals surface area (Å²) in [4.78, 5) is 10.8. The summed E-state index contributed by atoms with van der Waals surface area (Å²) in [7, 11) is 0. The van der Waals surface area contributed by atoms with Crippen LogP contribution in [0.4, 0.5) is 0 Å². The Balaban J connectivity index is 5.08. The number of aliphatic carboxylic acids is 1. The molecule has 0 unspecified atom stereocenters. The number of hydrogen-bond acceptors (Lipinski definition) is 3. The van der Waals surface area contributed by atoms with Crippen LogP contribution in [0.1, 0.15) is 27.7 Å². The normalized spacial score (nSPS) is 11.8. The quantitative estimate of drug-likeness (QED) is 0.618. The van der Waals surface area contributed by atoms with E-state index in [1.807, 2.05) is 6.07 Å². The van der Waals surface area contributed by atoms with Crippen LogP contribution in [-0.4, -0.2) is 5.97 Å². The molecule has 0 N–H and O–H groups in total. The van der Waals surface area contributed by atoms with Gasteiger partial charge in [-0.25, -0.2) is 0 Å². The van der Waals surface area contributed by atoms with Gasteiger partial charge in [-0.2, -0.15) is 5.26 Å². The van der Waals surface area contributed by atoms with Crippen molar-refractivity contribution in [3.63, 3.8) is 0 Å². The first-order valence-electron chi connectivity index (χ1n) is 4.02. The minimum Gasteiger partial charge on any atom is -0.548 e. The Bertz CT molecular complexity index is 205. The van der Waals surface area contributed by atoms with E-state index in [1.54, 1.807) is 27.7 Å². The van der Waals surface area contributed by atoms with Crippen LogP contribution in [0.25, 0.3) is 0 Å². The largest absolute Gasteiger partial charge is 0.548 e. The van der Waals surface area contributed by atoms with E-state index in [4.69, 9.17) is 5.26 Å². The van der Waals surface area contributed by atoms with Crippen molar-refractivity contribution >= 4 is 5.97 Å². The summed E-state index contributed by atoms with van der Waals surface area (Å²) in [5.41, 5.74) is -1.35. The van der Waals surface area contributed by atoms with Gasteiger partial charge in [-0.1, -0.05) is 27.7 Å². The van der Waals surface area contributed by atoms with Crippen LogP contribution in [-0.2, 0) is 4.79 Å². The zero-order chi connectivity index (χ0) is 9.94. The third kappa shape index (κ3) is 1.42. The molecule has 0 amide bonds. The number of rotatable bonds is 3. The standard InChI is InChI=1S/C9H15NO2/c1-6(2)9(5-10,7(3)4)8(11)12/h6-7H,1-4H3,(H,11,12)/p-1. The van der Waals surface area contributed by atoms with Gasteiger partial charge in [-0.3, -0.25) is 0 Å². The number of carbonyl (C=O) groups excluding carboxylic acids is 1. The smallest absolute Gasteiger partial charge is 0.101 e. The third-order valence-corrected chi connectivity index (χ3v) is 2.34.